The van der Waals surface area contributed by atoms with E-state index in [4.69, 9.17) is 10.8 Å². The molecule has 80 valence electrons. The molecule has 1 rings (SSSR count). The first kappa shape index (κ1) is 13.1. The van der Waals surface area contributed by atoms with Crippen molar-refractivity contribution in [3.05, 3.63) is 11.8 Å². The van der Waals surface area contributed by atoms with Crippen molar-refractivity contribution in [3.63, 3.8) is 0 Å². The van der Waals surface area contributed by atoms with Crippen molar-refractivity contribution < 1.29 is 9.90 Å². The van der Waals surface area contributed by atoms with Crippen LogP contribution in [0.2, 0.25) is 0 Å². The van der Waals surface area contributed by atoms with Crippen LogP contribution < -0.4 is 5.73 Å². The van der Waals surface area contributed by atoms with E-state index in [1.807, 2.05) is 6.92 Å². The number of carboxylic acid groups (broad SMARTS) is 1. The zero-order valence-corrected chi connectivity index (χ0v) is 9.27. The van der Waals surface area contributed by atoms with Gasteiger partial charge in [0.2, 0.25) is 0 Å². The molecule has 3 N–H and O–H groups in total. The lowest BCUT2D eigenvalue weighted by atomic mass is 10.5. The number of aliphatic carboxylic acids is 1. The van der Waals surface area contributed by atoms with Crippen LogP contribution in [-0.4, -0.2) is 26.6 Å². The normalized spacial score (nSPS) is 9.50. The highest BCUT2D eigenvalue weighted by Crippen LogP contribution is 2.09. The topological polar surface area (TPSA) is 81.1 Å². The van der Waals surface area contributed by atoms with E-state index in [9.17, 15) is 4.79 Å². The SMILES string of the molecule is Cc1cc(N)nn1CSCC(=O)O.Cl. The van der Waals surface area contributed by atoms with Crippen molar-refractivity contribution in [2.24, 2.45) is 0 Å². The number of hydrogen-bond donors (Lipinski definition) is 2. The molecule has 0 unspecified atom stereocenters. The molecule has 5 nitrogen and oxygen atoms in total. The molecule has 0 amide bonds. The minimum absolute atomic E-state index is 0. The van der Waals surface area contributed by atoms with Gasteiger partial charge in [0.1, 0.15) is 5.82 Å². The predicted octanol–water partition coefficient (Wildman–Crippen LogP) is 0.971. The highest BCUT2D eigenvalue weighted by Gasteiger charge is 2.02. The van der Waals surface area contributed by atoms with Crippen LogP contribution in [0, 0.1) is 6.92 Å². The Morgan fingerprint density at radius 2 is 2.43 bits per heavy atom. The molecule has 14 heavy (non-hydrogen) atoms. The summed E-state index contributed by atoms with van der Waals surface area (Å²) in [6, 6.07) is 1.75. The summed E-state index contributed by atoms with van der Waals surface area (Å²) in [6.07, 6.45) is 0. The van der Waals surface area contributed by atoms with E-state index in [0.29, 0.717) is 11.7 Å². The van der Waals surface area contributed by atoms with Gasteiger partial charge in [-0.05, 0) is 6.92 Å². The van der Waals surface area contributed by atoms with Crippen molar-refractivity contribution in [3.8, 4) is 0 Å². The summed E-state index contributed by atoms with van der Waals surface area (Å²) in [5, 5.41) is 12.4. The number of nitrogens with zero attached hydrogens (tertiary/aromatic N) is 2. The summed E-state index contributed by atoms with van der Waals surface area (Å²) in [7, 11) is 0. The molecular formula is C7H12ClN3O2S. The molecule has 0 saturated heterocycles. The third-order valence-corrected chi connectivity index (χ3v) is 2.32. The average Bonchev–Trinajstić information content (AvgIpc) is 2.29. The zero-order chi connectivity index (χ0) is 9.84. The second kappa shape index (κ2) is 5.77. The van der Waals surface area contributed by atoms with Crippen molar-refractivity contribution in [1.29, 1.82) is 0 Å². The van der Waals surface area contributed by atoms with Crippen molar-refractivity contribution in [2.75, 3.05) is 11.5 Å². The Labute approximate surface area is 92.1 Å². The number of rotatable bonds is 4. The summed E-state index contributed by atoms with van der Waals surface area (Å²) < 4.78 is 1.68. The lowest BCUT2D eigenvalue weighted by Gasteiger charge is -2.01. The fourth-order valence-corrected chi connectivity index (χ4v) is 1.59. The van der Waals surface area contributed by atoms with E-state index in [0.717, 1.165) is 5.69 Å². The van der Waals surface area contributed by atoms with Crippen LogP contribution in [0.1, 0.15) is 5.69 Å². The van der Waals surface area contributed by atoms with Crippen LogP contribution in [0.3, 0.4) is 0 Å². The van der Waals surface area contributed by atoms with Gasteiger partial charge >= 0.3 is 5.97 Å². The molecule has 0 aromatic carbocycles. The Morgan fingerprint density at radius 3 is 2.86 bits per heavy atom. The van der Waals surface area contributed by atoms with Gasteiger partial charge in [0.05, 0.1) is 11.6 Å². The number of halogens is 1. The lowest BCUT2D eigenvalue weighted by Crippen LogP contribution is -2.04. The van der Waals surface area contributed by atoms with Crippen molar-refractivity contribution in [1.82, 2.24) is 9.78 Å². The monoisotopic (exact) mass is 237 g/mol. The van der Waals surface area contributed by atoms with Crippen LogP contribution in [0.5, 0.6) is 0 Å². The van der Waals surface area contributed by atoms with Gasteiger partial charge < -0.3 is 10.8 Å². The van der Waals surface area contributed by atoms with Crippen molar-refractivity contribution >= 4 is 36.0 Å². The molecule has 0 bridgehead atoms. The van der Waals surface area contributed by atoms with Gasteiger partial charge in [-0.15, -0.1) is 24.2 Å². The maximum absolute atomic E-state index is 10.2. The first-order valence-corrected chi connectivity index (χ1v) is 4.84. The molecule has 1 heterocycles. The third kappa shape index (κ3) is 3.89. The van der Waals surface area contributed by atoms with Crippen LogP contribution >= 0.6 is 24.2 Å². The second-order valence-corrected chi connectivity index (χ2v) is 3.54. The molecule has 0 aliphatic heterocycles. The maximum Gasteiger partial charge on any atom is 0.313 e. The average molecular weight is 238 g/mol. The summed E-state index contributed by atoms with van der Waals surface area (Å²) in [6.45, 7) is 1.88. The van der Waals surface area contributed by atoms with Crippen LogP contribution in [-0.2, 0) is 10.7 Å². The highest BCUT2D eigenvalue weighted by molar-refractivity contribution is 7.98. The van der Waals surface area contributed by atoms with Gasteiger partial charge in [-0.3, -0.25) is 9.48 Å². The summed E-state index contributed by atoms with van der Waals surface area (Å²) in [4.78, 5) is 10.2. The fourth-order valence-electron chi connectivity index (χ4n) is 0.886. The van der Waals surface area contributed by atoms with Gasteiger partial charge in [-0.25, -0.2) is 0 Å². The molecule has 0 fully saturated rings. The van der Waals surface area contributed by atoms with E-state index < -0.39 is 5.97 Å². The smallest absolute Gasteiger partial charge is 0.313 e. The first-order valence-electron chi connectivity index (χ1n) is 3.69. The Bertz CT molecular complexity index is 316. The van der Waals surface area contributed by atoms with Gasteiger partial charge in [-0.2, -0.15) is 5.10 Å². The van der Waals surface area contributed by atoms with Gasteiger partial charge in [0, 0.05) is 11.8 Å². The largest absolute Gasteiger partial charge is 0.481 e. The second-order valence-electron chi connectivity index (χ2n) is 2.58. The minimum Gasteiger partial charge on any atom is -0.481 e. The quantitative estimate of drug-likeness (QED) is 0.816. The van der Waals surface area contributed by atoms with Gasteiger partial charge in [0.25, 0.3) is 0 Å². The third-order valence-electron chi connectivity index (χ3n) is 1.44. The predicted molar refractivity (Wildman–Crippen MR) is 58.7 cm³/mol. The van der Waals surface area contributed by atoms with E-state index in [-0.39, 0.29) is 18.2 Å². The molecular weight excluding hydrogens is 226 g/mol. The number of carboxylic acids is 1. The fraction of sp³-hybridized carbons (Fsp3) is 0.429. The zero-order valence-electron chi connectivity index (χ0n) is 7.64. The summed E-state index contributed by atoms with van der Waals surface area (Å²) in [5.41, 5.74) is 6.39. The number of aromatic nitrogens is 2. The van der Waals surface area contributed by atoms with Crippen LogP contribution in [0.4, 0.5) is 5.82 Å². The van der Waals surface area contributed by atoms with Crippen LogP contribution in [0.25, 0.3) is 0 Å². The molecule has 7 heteroatoms. The van der Waals surface area contributed by atoms with Gasteiger partial charge in [0.15, 0.2) is 0 Å². The Hall–Kier alpha value is -0.880. The molecule has 0 atom stereocenters. The highest BCUT2D eigenvalue weighted by atomic mass is 35.5. The van der Waals surface area contributed by atoms with Crippen LogP contribution in [0.15, 0.2) is 6.07 Å². The number of anilines is 1. The van der Waals surface area contributed by atoms with Crippen molar-refractivity contribution in [2.45, 2.75) is 12.8 Å². The number of aryl methyl sites for hydroxylation is 1. The molecule has 1 aromatic rings. The van der Waals surface area contributed by atoms with E-state index in [1.54, 1.807) is 10.7 Å². The van der Waals surface area contributed by atoms with E-state index >= 15 is 0 Å². The number of nitrogen functional groups attached to an aromatic ring is 1. The molecule has 0 aliphatic rings. The molecule has 0 spiro atoms. The minimum atomic E-state index is -0.817. The number of thioether (sulfide) groups is 1. The standard InChI is InChI=1S/C7H11N3O2S.ClH/c1-5-2-6(8)9-10(5)4-13-3-7(11)12;/h2H,3-4H2,1H3,(H2,8,9)(H,11,12);1H. The van der Waals surface area contributed by atoms with E-state index in [2.05, 4.69) is 5.10 Å². The Kier molecular flexibility index (Phi) is 5.40. The van der Waals surface area contributed by atoms with Gasteiger partial charge in [-0.1, -0.05) is 0 Å². The summed E-state index contributed by atoms with van der Waals surface area (Å²) >= 11 is 1.29. The maximum atomic E-state index is 10.2. The first-order chi connectivity index (χ1) is 6.09. The molecule has 0 aliphatic carbocycles. The molecule has 1 aromatic heterocycles. The molecule has 0 saturated carbocycles. The summed E-state index contributed by atoms with van der Waals surface area (Å²) in [5.74, 6) is 0.255. The Morgan fingerprint density at radius 1 is 1.79 bits per heavy atom. The lowest BCUT2D eigenvalue weighted by molar-refractivity contribution is -0.133. The Balaban J connectivity index is 0.00000169. The van der Waals surface area contributed by atoms with E-state index in [1.165, 1.54) is 11.8 Å². The number of carbonyl (C=O) groups is 1. The molecule has 0 radical (unpaired) electrons. The number of nitrogens with two attached hydrogens (primary N) is 1. The number of hydrogen-bond acceptors (Lipinski definition) is 4.